The van der Waals surface area contributed by atoms with E-state index in [0.29, 0.717) is 15.6 Å². The Hall–Kier alpha value is -1.84. The summed E-state index contributed by atoms with van der Waals surface area (Å²) in [6.45, 7) is 4.12. The quantitative estimate of drug-likeness (QED) is 0.655. The van der Waals surface area contributed by atoms with Gasteiger partial charge in [0, 0.05) is 42.3 Å². The summed E-state index contributed by atoms with van der Waals surface area (Å²) in [6, 6.07) is 2.05. The zero-order chi connectivity index (χ0) is 19.2. The van der Waals surface area contributed by atoms with Crippen LogP contribution in [0.15, 0.2) is 34.3 Å². The van der Waals surface area contributed by atoms with Gasteiger partial charge in [-0.2, -0.15) is 0 Å². The number of thiophene rings is 1. The largest absolute Gasteiger partial charge is 0.396 e. The second kappa shape index (κ2) is 6.96. The fourth-order valence-electron chi connectivity index (χ4n) is 3.13. The smallest absolute Gasteiger partial charge is 0.140 e. The van der Waals surface area contributed by atoms with Gasteiger partial charge >= 0.3 is 0 Å². The average Bonchev–Trinajstić information content (AvgIpc) is 3.34. The highest BCUT2D eigenvalue weighted by Crippen LogP contribution is 2.44. The molecule has 27 heavy (non-hydrogen) atoms. The Morgan fingerprint density at radius 3 is 2.89 bits per heavy atom. The molecule has 2 unspecified atom stereocenters. The summed E-state index contributed by atoms with van der Waals surface area (Å²) in [4.78, 5) is 9.87. The maximum atomic E-state index is 12.7. The van der Waals surface area contributed by atoms with Crippen LogP contribution in [0.4, 0.5) is 5.69 Å². The summed E-state index contributed by atoms with van der Waals surface area (Å²) < 4.78 is 15.3. The number of nitrogens with zero attached hydrogens (tertiary/aromatic N) is 3. The summed E-state index contributed by atoms with van der Waals surface area (Å²) in [7, 11) is 0.843. The van der Waals surface area contributed by atoms with E-state index in [2.05, 4.69) is 17.2 Å². The van der Waals surface area contributed by atoms with E-state index >= 15 is 0 Å². The number of rotatable bonds is 5. The topological polar surface area (TPSA) is 85.8 Å². The fraction of sp³-hybridized carbons (Fsp3) is 0.333. The normalized spacial score (nSPS) is 20.3. The lowest BCUT2D eigenvalue weighted by atomic mass is 10.1. The Labute approximate surface area is 168 Å². The third-order valence-electron chi connectivity index (χ3n) is 4.54. The van der Waals surface area contributed by atoms with Gasteiger partial charge in [0.15, 0.2) is 0 Å². The van der Waals surface area contributed by atoms with E-state index in [1.54, 1.807) is 18.0 Å². The lowest BCUT2D eigenvalue weighted by molar-refractivity contribution is 0.614. The number of pyridine rings is 1. The Kier molecular flexibility index (Phi) is 4.77. The lowest BCUT2D eigenvalue weighted by Gasteiger charge is -2.24. The first kappa shape index (κ1) is 18.5. The predicted molar refractivity (Wildman–Crippen MR) is 115 cm³/mol. The van der Waals surface area contributed by atoms with E-state index in [9.17, 15) is 4.21 Å². The van der Waals surface area contributed by atoms with Crippen molar-refractivity contribution < 1.29 is 4.21 Å². The van der Waals surface area contributed by atoms with Crippen molar-refractivity contribution in [3.63, 3.8) is 0 Å². The van der Waals surface area contributed by atoms with Crippen LogP contribution in [0.5, 0.6) is 0 Å². The maximum Gasteiger partial charge on any atom is 0.140 e. The first-order valence-corrected chi connectivity index (χ1v) is 11.7. The molecule has 0 amide bonds. The highest BCUT2D eigenvalue weighted by molar-refractivity contribution is 8.03. The zero-order valence-corrected chi connectivity index (χ0v) is 17.8. The molecule has 0 bridgehead atoms. The Balaban J connectivity index is 1.99. The number of aryl methyl sites for hydroxylation is 1. The van der Waals surface area contributed by atoms with Crippen LogP contribution in [-0.2, 0) is 22.7 Å². The minimum Gasteiger partial charge on any atom is -0.396 e. The summed E-state index contributed by atoms with van der Waals surface area (Å²) in [5, 5.41) is 6.24. The molecule has 0 saturated carbocycles. The van der Waals surface area contributed by atoms with Crippen molar-refractivity contribution in [1.29, 1.82) is 0 Å². The molecule has 1 aliphatic rings. The van der Waals surface area contributed by atoms with Gasteiger partial charge in [-0.15, -0.1) is 11.3 Å². The maximum absolute atomic E-state index is 12.7. The summed E-state index contributed by atoms with van der Waals surface area (Å²) in [6.07, 6.45) is 6.45. The molecule has 0 saturated heterocycles. The number of aromatic nitrogens is 3. The molecule has 142 valence electrons. The van der Waals surface area contributed by atoms with Crippen molar-refractivity contribution in [2.75, 3.05) is 11.5 Å². The third-order valence-corrected chi connectivity index (χ3v) is 8.73. The van der Waals surface area contributed by atoms with Gasteiger partial charge in [-0.05, 0) is 24.8 Å². The highest BCUT2D eigenvalue weighted by Gasteiger charge is 2.32. The van der Waals surface area contributed by atoms with E-state index in [1.807, 2.05) is 42.4 Å². The van der Waals surface area contributed by atoms with E-state index < -0.39 is 10.8 Å². The third kappa shape index (κ3) is 3.07. The van der Waals surface area contributed by atoms with E-state index in [4.69, 9.17) is 10.7 Å². The lowest BCUT2D eigenvalue weighted by Crippen LogP contribution is -2.29. The molecule has 2 atom stereocenters. The second-order valence-corrected chi connectivity index (χ2v) is 10.6. The van der Waals surface area contributed by atoms with Crippen LogP contribution in [0.2, 0.25) is 0 Å². The molecule has 3 N–H and O–H groups in total. The van der Waals surface area contributed by atoms with Crippen molar-refractivity contribution >= 4 is 49.8 Å². The molecular formula is C18H21N5OS3. The zero-order valence-electron chi connectivity index (χ0n) is 15.4. The number of hydrogen-bond acceptors (Lipinski definition) is 7. The molecule has 0 radical (unpaired) electrons. The van der Waals surface area contributed by atoms with Crippen molar-refractivity contribution in [2.45, 2.75) is 29.3 Å². The van der Waals surface area contributed by atoms with Crippen LogP contribution in [0.1, 0.15) is 26.0 Å². The second-order valence-electron chi connectivity index (χ2n) is 6.55. The number of thioether (sulfide) groups is 1. The molecule has 3 aromatic rings. The molecule has 3 aromatic heterocycles. The van der Waals surface area contributed by atoms with Crippen molar-refractivity contribution in [3.8, 4) is 11.4 Å². The first-order valence-electron chi connectivity index (χ1n) is 8.64. The molecule has 0 spiro atoms. The summed E-state index contributed by atoms with van der Waals surface area (Å²) in [5.74, 6) is 1.42. The van der Waals surface area contributed by atoms with Crippen LogP contribution in [-0.4, -0.2) is 24.5 Å². The molecule has 4 rings (SSSR count). The van der Waals surface area contributed by atoms with Gasteiger partial charge < -0.3 is 15.6 Å². The van der Waals surface area contributed by atoms with Gasteiger partial charge in [0.05, 0.1) is 22.2 Å². The molecule has 6 nitrogen and oxygen atoms in total. The van der Waals surface area contributed by atoms with Crippen LogP contribution in [0, 0.1) is 0 Å². The van der Waals surface area contributed by atoms with Gasteiger partial charge in [0.25, 0.3) is 0 Å². The number of fused-ring (bicyclic) bond motifs is 1. The van der Waals surface area contributed by atoms with Gasteiger partial charge in [-0.1, -0.05) is 18.7 Å². The van der Waals surface area contributed by atoms with Gasteiger partial charge in [-0.25, -0.2) is 9.97 Å². The van der Waals surface area contributed by atoms with E-state index in [-0.39, 0.29) is 4.87 Å². The van der Waals surface area contributed by atoms with Crippen molar-refractivity contribution in [1.82, 2.24) is 19.9 Å². The predicted octanol–water partition coefficient (Wildman–Crippen LogP) is 3.78. The van der Waals surface area contributed by atoms with Crippen LogP contribution < -0.4 is 11.1 Å². The number of nitrogens with two attached hydrogens (primary N) is 1. The summed E-state index contributed by atoms with van der Waals surface area (Å²) >= 11 is 3.10. The van der Waals surface area contributed by atoms with Gasteiger partial charge in [-0.3, -0.25) is 4.21 Å². The van der Waals surface area contributed by atoms with Gasteiger partial charge in [0.1, 0.15) is 19.7 Å². The number of hydrogen-bond donors (Lipinski definition) is 2. The number of nitrogen functional groups attached to an aromatic ring is 1. The van der Waals surface area contributed by atoms with Crippen LogP contribution in [0.25, 0.3) is 21.6 Å². The average molecular weight is 420 g/mol. The summed E-state index contributed by atoms with van der Waals surface area (Å²) in [5.41, 5.74) is 8.86. The molecule has 0 aliphatic carbocycles. The van der Waals surface area contributed by atoms with Crippen molar-refractivity contribution in [2.24, 2.45) is 7.05 Å². The van der Waals surface area contributed by atoms with Crippen molar-refractivity contribution in [3.05, 3.63) is 35.8 Å². The number of anilines is 1. The Morgan fingerprint density at radius 2 is 2.26 bits per heavy atom. The standard InChI is InChI=1S/C18H21N5OS3/c1-4-9-27(24)17-14(19)13-11(15-20-5-7-23(15)3)10-12(22-16(13)26-17)18(2)21-6-8-25-18/h5-8,10,21H,4,9,19H2,1-3H3. The Bertz CT molecular complexity index is 1060. The SMILES string of the molecule is CCCS(=O)c1sc2nc(C3(C)NC=CS3)cc(-c3nccn3C)c2c1N. The van der Waals surface area contributed by atoms with Crippen LogP contribution >= 0.6 is 23.1 Å². The van der Waals surface area contributed by atoms with E-state index in [1.165, 1.54) is 11.3 Å². The minimum absolute atomic E-state index is 0.352. The minimum atomic E-state index is -1.11. The molecular weight excluding hydrogens is 398 g/mol. The highest BCUT2D eigenvalue weighted by atomic mass is 32.2. The molecule has 9 heteroatoms. The molecule has 4 heterocycles. The molecule has 0 fully saturated rings. The molecule has 1 aliphatic heterocycles. The monoisotopic (exact) mass is 419 g/mol. The number of nitrogens with one attached hydrogen (secondary N) is 1. The Morgan fingerprint density at radius 1 is 1.44 bits per heavy atom. The first-order chi connectivity index (χ1) is 12.9. The molecule has 0 aromatic carbocycles. The fourth-order valence-corrected chi connectivity index (χ4v) is 6.51. The van der Waals surface area contributed by atoms with Crippen LogP contribution in [0.3, 0.4) is 0 Å². The van der Waals surface area contributed by atoms with Gasteiger partial charge in [0.2, 0.25) is 0 Å². The van der Waals surface area contributed by atoms with E-state index in [0.717, 1.165) is 33.7 Å². The number of imidazole rings is 1.